The minimum absolute atomic E-state index is 0.00896. The molecule has 0 atom stereocenters. The van der Waals surface area contributed by atoms with Crippen molar-refractivity contribution in [1.29, 1.82) is 0 Å². The van der Waals surface area contributed by atoms with Crippen molar-refractivity contribution in [1.82, 2.24) is 10.2 Å². The third kappa shape index (κ3) is 3.80. The number of hydrogen-bond acceptors (Lipinski definition) is 3. The van der Waals surface area contributed by atoms with E-state index in [0.717, 1.165) is 25.7 Å². The highest BCUT2D eigenvalue weighted by atomic mass is 32.1. The van der Waals surface area contributed by atoms with Crippen LogP contribution in [0.3, 0.4) is 0 Å². The average molecular weight is 322 g/mol. The number of thiophene rings is 1. The topological polar surface area (TPSA) is 69.6 Å². The Kier molecular flexibility index (Phi) is 4.66. The van der Waals surface area contributed by atoms with Gasteiger partial charge < -0.3 is 15.3 Å². The summed E-state index contributed by atoms with van der Waals surface area (Å²) in [6.07, 6.45) is 5.03. The highest BCUT2D eigenvalue weighted by molar-refractivity contribution is 7.09. The molecule has 6 heteroatoms. The average Bonchev–Trinajstić information content (AvgIpc) is 3.21. The molecule has 2 aliphatic rings. The first-order valence-electron chi connectivity index (χ1n) is 7.96. The van der Waals surface area contributed by atoms with Gasteiger partial charge in [-0.2, -0.15) is 0 Å². The van der Waals surface area contributed by atoms with E-state index in [2.05, 4.69) is 11.4 Å². The quantitative estimate of drug-likeness (QED) is 0.875. The molecule has 2 amide bonds. The Morgan fingerprint density at radius 3 is 2.50 bits per heavy atom. The maximum atomic E-state index is 12.5. The van der Waals surface area contributed by atoms with Crippen molar-refractivity contribution in [2.24, 2.45) is 5.92 Å². The summed E-state index contributed by atoms with van der Waals surface area (Å²) in [6, 6.07) is 4.57. The lowest BCUT2D eigenvalue weighted by molar-refractivity contribution is -0.142. The predicted octanol–water partition coefficient (Wildman–Crippen LogP) is 3.07. The van der Waals surface area contributed by atoms with Gasteiger partial charge in [-0.25, -0.2) is 4.79 Å². The zero-order valence-corrected chi connectivity index (χ0v) is 13.3. The zero-order chi connectivity index (χ0) is 15.5. The van der Waals surface area contributed by atoms with Gasteiger partial charge in [-0.3, -0.25) is 4.79 Å². The van der Waals surface area contributed by atoms with Crippen LogP contribution in [-0.2, 0) is 11.3 Å². The smallest absolute Gasteiger partial charge is 0.318 e. The molecular formula is C16H22N2O3S. The highest BCUT2D eigenvalue weighted by Gasteiger charge is 2.34. The van der Waals surface area contributed by atoms with Crippen LogP contribution in [0.1, 0.15) is 43.4 Å². The third-order valence-electron chi connectivity index (χ3n) is 4.56. The lowest BCUT2D eigenvalue weighted by Gasteiger charge is -2.30. The molecule has 0 aliphatic heterocycles. The number of nitrogens with zero attached hydrogens (tertiary/aromatic N) is 1. The zero-order valence-electron chi connectivity index (χ0n) is 12.5. The molecule has 3 rings (SSSR count). The van der Waals surface area contributed by atoms with E-state index in [1.54, 1.807) is 11.3 Å². The number of carboxylic acid groups (broad SMARTS) is 1. The first-order chi connectivity index (χ1) is 10.6. The van der Waals surface area contributed by atoms with Crippen molar-refractivity contribution in [3.8, 4) is 0 Å². The van der Waals surface area contributed by atoms with Crippen molar-refractivity contribution in [2.75, 3.05) is 0 Å². The van der Waals surface area contributed by atoms with Crippen LogP contribution >= 0.6 is 11.3 Å². The molecule has 0 unspecified atom stereocenters. The molecule has 2 aliphatic carbocycles. The molecule has 1 aromatic rings. The summed E-state index contributed by atoms with van der Waals surface area (Å²) in [5.74, 6) is -0.944. The molecule has 0 bridgehead atoms. The number of carbonyl (C=O) groups excluding carboxylic acids is 1. The van der Waals surface area contributed by atoms with E-state index in [1.807, 2.05) is 16.3 Å². The van der Waals surface area contributed by atoms with Crippen molar-refractivity contribution in [2.45, 2.75) is 57.2 Å². The second kappa shape index (κ2) is 6.69. The van der Waals surface area contributed by atoms with Gasteiger partial charge in [0.15, 0.2) is 0 Å². The van der Waals surface area contributed by atoms with Crippen LogP contribution in [0, 0.1) is 5.92 Å². The third-order valence-corrected chi connectivity index (χ3v) is 5.42. The van der Waals surface area contributed by atoms with Crippen molar-refractivity contribution in [3.63, 3.8) is 0 Å². The highest BCUT2D eigenvalue weighted by Crippen LogP contribution is 2.30. The number of urea groups is 1. The van der Waals surface area contributed by atoms with Crippen LogP contribution in [0.4, 0.5) is 4.79 Å². The second-order valence-electron chi connectivity index (χ2n) is 6.27. The Hall–Kier alpha value is -1.56. The van der Waals surface area contributed by atoms with E-state index in [4.69, 9.17) is 5.11 Å². The summed E-state index contributed by atoms with van der Waals surface area (Å²) in [6.45, 7) is 0.679. The minimum Gasteiger partial charge on any atom is -0.481 e. The minimum atomic E-state index is -0.706. The Bertz CT molecular complexity index is 520. The number of amides is 2. The summed E-state index contributed by atoms with van der Waals surface area (Å²) in [7, 11) is 0. The van der Waals surface area contributed by atoms with Crippen LogP contribution in [0.2, 0.25) is 0 Å². The summed E-state index contributed by atoms with van der Waals surface area (Å²) in [5, 5.41) is 14.2. The number of carboxylic acids is 1. The van der Waals surface area contributed by atoms with Gasteiger partial charge in [0.25, 0.3) is 0 Å². The van der Waals surface area contributed by atoms with Crippen molar-refractivity contribution in [3.05, 3.63) is 22.4 Å². The molecule has 2 fully saturated rings. The van der Waals surface area contributed by atoms with Crippen LogP contribution in [0.5, 0.6) is 0 Å². The standard InChI is InChI=1S/C16H22N2O3S/c19-15(20)11-3-5-12(6-4-11)17-16(21)18(13-7-8-13)10-14-2-1-9-22-14/h1-2,9,11-13H,3-8,10H2,(H,17,21)(H,19,20). The lowest BCUT2D eigenvalue weighted by atomic mass is 9.86. The maximum absolute atomic E-state index is 12.5. The molecule has 0 aromatic carbocycles. The fourth-order valence-electron chi connectivity index (χ4n) is 3.07. The number of hydrogen-bond donors (Lipinski definition) is 2. The van der Waals surface area contributed by atoms with E-state index in [-0.39, 0.29) is 18.0 Å². The molecule has 1 heterocycles. The summed E-state index contributed by atoms with van der Waals surface area (Å²) >= 11 is 1.68. The van der Waals surface area contributed by atoms with E-state index < -0.39 is 5.97 Å². The van der Waals surface area contributed by atoms with Gasteiger partial charge in [0.2, 0.25) is 0 Å². The first kappa shape index (κ1) is 15.3. The lowest BCUT2D eigenvalue weighted by Crippen LogP contribution is -2.46. The molecule has 120 valence electrons. The van der Waals surface area contributed by atoms with Crippen LogP contribution < -0.4 is 5.32 Å². The fraction of sp³-hybridized carbons (Fsp3) is 0.625. The number of aliphatic carboxylic acids is 1. The monoisotopic (exact) mass is 322 g/mol. The molecular weight excluding hydrogens is 300 g/mol. The summed E-state index contributed by atoms with van der Waals surface area (Å²) in [4.78, 5) is 26.7. The number of rotatable bonds is 5. The van der Waals surface area contributed by atoms with Gasteiger partial charge in [-0.15, -0.1) is 11.3 Å². The molecule has 2 N–H and O–H groups in total. The SMILES string of the molecule is O=C(O)C1CCC(NC(=O)N(Cc2cccs2)C2CC2)CC1. The fourth-order valence-corrected chi connectivity index (χ4v) is 3.77. The van der Waals surface area contributed by atoms with Crippen LogP contribution in [0.15, 0.2) is 17.5 Å². The number of nitrogens with one attached hydrogen (secondary N) is 1. The Morgan fingerprint density at radius 2 is 1.95 bits per heavy atom. The van der Waals surface area contributed by atoms with E-state index in [9.17, 15) is 9.59 Å². The Labute approximate surface area is 134 Å². The molecule has 2 saturated carbocycles. The predicted molar refractivity (Wildman–Crippen MR) is 84.8 cm³/mol. The summed E-state index contributed by atoms with van der Waals surface area (Å²) in [5.41, 5.74) is 0. The van der Waals surface area contributed by atoms with E-state index in [0.29, 0.717) is 25.4 Å². The van der Waals surface area contributed by atoms with Gasteiger partial charge in [-0.05, 0) is 50.0 Å². The first-order valence-corrected chi connectivity index (χ1v) is 8.84. The molecule has 0 radical (unpaired) electrons. The van der Waals surface area contributed by atoms with Crippen LogP contribution in [0.25, 0.3) is 0 Å². The molecule has 1 aromatic heterocycles. The second-order valence-corrected chi connectivity index (χ2v) is 7.31. The largest absolute Gasteiger partial charge is 0.481 e. The Balaban J connectivity index is 1.52. The molecule has 5 nitrogen and oxygen atoms in total. The van der Waals surface area contributed by atoms with E-state index in [1.165, 1.54) is 4.88 Å². The molecule has 0 spiro atoms. The van der Waals surface area contributed by atoms with Gasteiger partial charge in [-0.1, -0.05) is 6.07 Å². The maximum Gasteiger partial charge on any atom is 0.318 e. The van der Waals surface area contributed by atoms with Gasteiger partial charge in [0.05, 0.1) is 12.5 Å². The van der Waals surface area contributed by atoms with E-state index >= 15 is 0 Å². The Morgan fingerprint density at radius 1 is 1.23 bits per heavy atom. The summed E-state index contributed by atoms with van der Waals surface area (Å²) < 4.78 is 0. The van der Waals surface area contributed by atoms with Crippen molar-refractivity contribution < 1.29 is 14.7 Å². The normalized spacial score (nSPS) is 24.7. The van der Waals surface area contributed by atoms with Gasteiger partial charge in [0.1, 0.15) is 0 Å². The molecule has 22 heavy (non-hydrogen) atoms. The van der Waals surface area contributed by atoms with Gasteiger partial charge >= 0.3 is 12.0 Å². The number of carbonyl (C=O) groups is 2. The van der Waals surface area contributed by atoms with Crippen molar-refractivity contribution >= 4 is 23.3 Å². The molecule has 0 saturated heterocycles. The van der Waals surface area contributed by atoms with Crippen LogP contribution in [-0.4, -0.2) is 34.1 Å². The van der Waals surface area contributed by atoms with Gasteiger partial charge in [0, 0.05) is 17.0 Å².